The maximum Gasteiger partial charge on any atom is 0.303 e. The van der Waals surface area contributed by atoms with Gasteiger partial charge in [-0.3, -0.25) is 9.59 Å². The van der Waals surface area contributed by atoms with Crippen molar-refractivity contribution in [3.63, 3.8) is 0 Å². The van der Waals surface area contributed by atoms with Gasteiger partial charge in [-0.2, -0.15) is 0 Å². The van der Waals surface area contributed by atoms with Crippen LogP contribution >= 0.6 is 0 Å². The highest BCUT2D eigenvalue weighted by Crippen LogP contribution is 2.12. The summed E-state index contributed by atoms with van der Waals surface area (Å²) in [7, 11) is -3.21. The van der Waals surface area contributed by atoms with Crippen molar-refractivity contribution in [2.45, 2.75) is 52.5 Å². The summed E-state index contributed by atoms with van der Waals surface area (Å²) in [6.07, 6.45) is 0.164. The SMILES string of the molecule is CC(C)CS(=O)(=O)CCC(=O)NC(C)(C)CCC(=O)O. The van der Waals surface area contributed by atoms with Crippen molar-refractivity contribution < 1.29 is 23.1 Å². The van der Waals surface area contributed by atoms with Gasteiger partial charge in [0.15, 0.2) is 9.84 Å². The second kappa shape index (κ2) is 7.61. The van der Waals surface area contributed by atoms with Crippen LogP contribution in [0.4, 0.5) is 0 Å². The highest BCUT2D eigenvalue weighted by molar-refractivity contribution is 7.91. The molecule has 20 heavy (non-hydrogen) atoms. The first-order valence-electron chi connectivity index (χ1n) is 6.67. The molecule has 0 bridgehead atoms. The number of sulfone groups is 1. The molecule has 0 radical (unpaired) electrons. The third kappa shape index (κ3) is 9.77. The van der Waals surface area contributed by atoms with Crippen LogP contribution in [-0.2, 0) is 19.4 Å². The summed E-state index contributed by atoms with van der Waals surface area (Å²) in [5, 5.41) is 11.3. The number of carbonyl (C=O) groups is 2. The van der Waals surface area contributed by atoms with Crippen LogP contribution in [0.15, 0.2) is 0 Å². The molecular formula is C13H25NO5S. The normalized spacial score (nSPS) is 12.4. The van der Waals surface area contributed by atoms with Crippen LogP contribution in [0.3, 0.4) is 0 Å². The average Bonchev–Trinajstić information content (AvgIpc) is 2.22. The molecule has 0 aromatic rings. The minimum atomic E-state index is -3.21. The van der Waals surface area contributed by atoms with E-state index in [1.54, 1.807) is 13.8 Å². The summed E-state index contributed by atoms with van der Waals surface area (Å²) < 4.78 is 23.3. The predicted octanol–water partition coefficient (Wildman–Crippen LogP) is 1.21. The first-order valence-corrected chi connectivity index (χ1v) is 8.49. The topological polar surface area (TPSA) is 101 Å². The van der Waals surface area contributed by atoms with Crippen molar-refractivity contribution >= 4 is 21.7 Å². The van der Waals surface area contributed by atoms with E-state index >= 15 is 0 Å². The smallest absolute Gasteiger partial charge is 0.303 e. The van der Waals surface area contributed by atoms with Gasteiger partial charge in [-0.15, -0.1) is 0 Å². The first kappa shape index (κ1) is 18.9. The highest BCUT2D eigenvalue weighted by atomic mass is 32.2. The molecule has 0 aliphatic heterocycles. The molecule has 0 unspecified atom stereocenters. The Labute approximate surface area is 120 Å². The quantitative estimate of drug-likeness (QED) is 0.667. The molecule has 1 amide bonds. The highest BCUT2D eigenvalue weighted by Gasteiger charge is 2.22. The van der Waals surface area contributed by atoms with E-state index < -0.39 is 21.3 Å². The van der Waals surface area contributed by atoms with Crippen molar-refractivity contribution in [1.82, 2.24) is 5.32 Å². The zero-order valence-corrected chi connectivity index (χ0v) is 13.4. The predicted molar refractivity (Wildman–Crippen MR) is 77.2 cm³/mol. The molecular weight excluding hydrogens is 282 g/mol. The van der Waals surface area contributed by atoms with Gasteiger partial charge >= 0.3 is 5.97 Å². The first-order chi connectivity index (χ1) is 8.93. The summed E-state index contributed by atoms with van der Waals surface area (Å²) in [6.45, 7) is 7.06. The maximum atomic E-state index is 11.7. The molecule has 7 heteroatoms. The number of nitrogens with one attached hydrogen (secondary N) is 1. The van der Waals surface area contributed by atoms with Crippen LogP contribution in [0.25, 0.3) is 0 Å². The Balaban J connectivity index is 4.26. The zero-order chi connectivity index (χ0) is 16.0. The van der Waals surface area contributed by atoms with Crippen LogP contribution in [-0.4, -0.2) is 42.4 Å². The molecule has 0 fully saturated rings. The molecule has 0 atom stereocenters. The van der Waals surface area contributed by atoms with E-state index in [1.807, 2.05) is 13.8 Å². The van der Waals surface area contributed by atoms with E-state index in [0.717, 1.165) is 0 Å². The van der Waals surface area contributed by atoms with Crippen LogP contribution in [0.5, 0.6) is 0 Å². The molecule has 0 rings (SSSR count). The van der Waals surface area contributed by atoms with Crippen molar-refractivity contribution in [1.29, 1.82) is 0 Å². The molecule has 2 N–H and O–H groups in total. The van der Waals surface area contributed by atoms with Crippen LogP contribution in [0, 0.1) is 5.92 Å². The second-order valence-electron chi connectivity index (χ2n) is 6.08. The lowest BCUT2D eigenvalue weighted by molar-refractivity contribution is -0.137. The number of aliphatic carboxylic acids is 1. The molecule has 0 spiro atoms. The lowest BCUT2D eigenvalue weighted by Gasteiger charge is -2.25. The van der Waals surface area contributed by atoms with Gasteiger partial charge in [-0.05, 0) is 26.2 Å². The molecule has 0 aliphatic carbocycles. The molecule has 0 aromatic heterocycles. The van der Waals surface area contributed by atoms with Crippen molar-refractivity contribution in [2.75, 3.05) is 11.5 Å². The Morgan fingerprint density at radius 3 is 2.20 bits per heavy atom. The minimum Gasteiger partial charge on any atom is -0.481 e. The fourth-order valence-electron chi connectivity index (χ4n) is 1.76. The van der Waals surface area contributed by atoms with Crippen molar-refractivity contribution in [2.24, 2.45) is 5.92 Å². The van der Waals surface area contributed by atoms with Gasteiger partial charge in [-0.25, -0.2) is 8.42 Å². The summed E-state index contributed by atoms with van der Waals surface area (Å²) in [6, 6.07) is 0. The van der Waals surface area contributed by atoms with Gasteiger partial charge in [-0.1, -0.05) is 13.8 Å². The van der Waals surface area contributed by atoms with E-state index in [-0.39, 0.29) is 36.2 Å². The largest absolute Gasteiger partial charge is 0.481 e. The van der Waals surface area contributed by atoms with E-state index in [9.17, 15) is 18.0 Å². The zero-order valence-electron chi connectivity index (χ0n) is 12.6. The van der Waals surface area contributed by atoms with Crippen LogP contribution in [0.2, 0.25) is 0 Å². The summed E-state index contributed by atoms with van der Waals surface area (Å²) in [5.74, 6) is -1.36. The Hall–Kier alpha value is -1.11. The fourth-order valence-corrected chi connectivity index (χ4v) is 3.44. The van der Waals surface area contributed by atoms with Crippen LogP contribution < -0.4 is 5.32 Å². The Bertz CT molecular complexity index is 440. The molecule has 0 aromatic carbocycles. The summed E-state index contributed by atoms with van der Waals surface area (Å²) in [4.78, 5) is 22.2. The van der Waals surface area contributed by atoms with Crippen LogP contribution in [0.1, 0.15) is 47.0 Å². The van der Waals surface area contributed by atoms with Crippen molar-refractivity contribution in [3.8, 4) is 0 Å². The van der Waals surface area contributed by atoms with Gasteiger partial charge in [0.1, 0.15) is 0 Å². The number of hydrogen-bond donors (Lipinski definition) is 2. The third-order valence-electron chi connectivity index (χ3n) is 2.67. The molecule has 0 saturated carbocycles. The fraction of sp³-hybridized carbons (Fsp3) is 0.846. The standard InChI is InChI=1S/C13H25NO5S/c1-10(2)9-20(18,19)8-6-11(15)14-13(3,4)7-5-12(16)17/h10H,5-9H2,1-4H3,(H,14,15)(H,16,17). The number of rotatable bonds is 9. The van der Waals surface area contributed by atoms with Gasteiger partial charge in [0, 0.05) is 18.4 Å². The van der Waals surface area contributed by atoms with Gasteiger partial charge in [0.05, 0.1) is 11.5 Å². The monoisotopic (exact) mass is 307 g/mol. The number of amides is 1. The van der Waals surface area contributed by atoms with E-state index in [0.29, 0.717) is 6.42 Å². The molecule has 0 aliphatic rings. The minimum absolute atomic E-state index is 0.0371. The average molecular weight is 307 g/mol. The van der Waals surface area contributed by atoms with E-state index in [1.165, 1.54) is 0 Å². The summed E-state index contributed by atoms with van der Waals surface area (Å²) >= 11 is 0. The Morgan fingerprint density at radius 2 is 1.75 bits per heavy atom. The Morgan fingerprint density at radius 1 is 1.20 bits per heavy atom. The molecule has 118 valence electrons. The number of carboxylic acids is 1. The van der Waals surface area contributed by atoms with E-state index in [2.05, 4.69) is 5.32 Å². The number of carbonyl (C=O) groups excluding carboxylic acids is 1. The van der Waals surface area contributed by atoms with Gasteiger partial charge in [0.2, 0.25) is 5.91 Å². The lowest BCUT2D eigenvalue weighted by atomic mass is 9.98. The molecule has 0 saturated heterocycles. The van der Waals surface area contributed by atoms with Crippen molar-refractivity contribution in [3.05, 3.63) is 0 Å². The summed E-state index contributed by atoms with van der Waals surface area (Å²) in [5.41, 5.74) is -0.655. The van der Waals surface area contributed by atoms with Gasteiger partial charge in [0.25, 0.3) is 0 Å². The maximum absolute atomic E-state index is 11.7. The number of hydrogen-bond acceptors (Lipinski definition) is 4. The molecule has 0 heterocycles. The lowest BCUT2D eigenvalue weighted by Crippen LogP contribution is -2.44. The second-order valence-corrected chi connectivity index (χ2v) is 8.31. The molecule has 6 nitrogen and oxygen atoms in total. The van der Waals surface area contributed by atoms with Gasteiger partial charge < -0.3 is 10.4 Å². The third-order valence-corrected chi connectivity index (χ3v) is 4.67. The number of carboxylic acid groups (broad SMARTS) is 1. The van der Waals surface area contributed by atoms with E-state index in [4.69, 9.17) is 5.11 Å². The Kier molecular flexibility index (Phi) is 7.19.